The summed E-state index contributed by atoms with van der Waals surface area (Å²) >= 11 is 0. The fraction of sp³-hybridized carbons (Fsp3) is 0.409. The molecule has 1 aliphatic heterocycles. The summed E-state index contributed by atoms with van der Waals surface area (Å²) < 4.78 is 5.58. The van der Waals surface area contributed by atoms with E-state index in [1.54, 1.807) is 0 Å². The second-order valence-electron chi connectivity index (χ2n) is 7.34. The van der Waals surface area contributed by atoms with Crippen LogP contribution in [0.25, 0.3) is 0 Å². The minimum absolute atomic E-state index is 0.00625. The van der Waals surface area contributed by atoms with Crippen molar-refractivity contribution < 1.29 is 9.53 Å². The van der Waals surface area contributed by atoms with Gasteiger partial charge in [0.25, 0.3) is 0 Å². The average molecular weight is 335 g/mol. The van der Waals surface area contributed by atoms with Crippen LogP contribution >= 0.6 is 0 Å². The molecule has 2 aromatic carbocycles. The molecule has 2 atom stereocenters. The molecule has 4 rings (SSSR count). The molecule has 1 amide bonds. The molecule has 1 saturated heterocycles. The van der Waals surface area contributed by atoms with Gasteiger partial charge in [0.1, 0.15) is 0 Å². The summed E-state index contributed by atoms with van der Waals surface area (Å²) in [5.41, 5.74) is 2.60. The molecule has 1 saturated carbocycles. The van der Waals surface area contributed by atoms with E-state index in [0.29, 0.717) is 12.5 Å². The van der Waals surface area contributed by atoms with E-state index in [4.69, 9.17) is 4.74 Å². The molecule has 2 fully saturated rings. The first-order valence-corrected chi connectivity index (χ1v) is 9.24. The maximum Gasteiger partial charge on any atom is 0.223 e. The highest BCUT2D eigenvalue weighted by Gasteiger charge is 2.44. The minimum atomic E-state index is 0.00625. The highest BCUT2D eigenvalue weighted by Crippen LogP contribution is 2.47. The Morgan fingerprint density at radius 3 is 2.32 bits per heavy atom. The SMILES string of the molecule is O=C(NCC1(c2ccccc2)CCOCC1)[C@H]1C[C@@H]1c1ccccc1. The van der Waals surface area contributed by atoms with Crippen LogP contribution in [0, 0.1) is 5.92 Å². The van der Waals surface area contributed by atoms with E-state index in [-0.39, 0.29) is 17.2 Å². The van der Waals surface area contributed by atoms with Gasteiger partial charge in [-0.1, -0.05) is 60.7 Å². The molecule has 130 valence electrons. The summed E-state index contributed by atoms with van der Waals surface area (Å²) in [5.74, 6) is 0.731. The number of hydrogen-bond donors (Lipinski definition) is 1. The van der Waals surface area contributed by atoms with Crippen molar-refractivity contribution in [2.75, 3.05) is 19.8 Å². The second-order valence-corrected chi connectivity index (χ2v) is 7.34. The number of carbonyl (C=O) groups is 1. The maximum absolute atomic E-state index is 12.7. The third-order valence-corrected chi connectivity index (χ3v) is 5.79. The van der Waals surface area contributed by atoms with Gasteiger partial charge >= 0.3 is 0 Å². The predicted molar refractivity (Wildman–Crippen MR) is 98.5 cm³/mol. The maximum atomic E-state index is 12.7. The topological polar surface area (TPSA) is 38.3 Å². The van der Waals surface area contributed by atoms with Crippen LogP contribution in [0.15, 0.2) is 60.7 Å². The van der Waals surface area contributed by atoms with E-state index < -0.39 is 0 Å². The number of amides is 1. The third-order valence-electron chi connectivity index (χ3n) is 5.79. The van der Waals surface area contributed by atoms with E-state index in [9.17, 15) is 4.79 Å². The molecule has 25 heavy (non-hydrogen) atoms. The van der Waals surface area contributed by atoms with Gasteiger partial charge in [0.05, 0.1) is 0 Å². The van der Waals surface area contributed by atoms with Gasteiger partial charge in [-0.25, -0.2) is 0 Å². The van der Waals surface area contributed by atoms with Gasteiger partial charge in [-0.05, 0) is 36.3 Å². The fourth-order valence-electron chi connectivity index (χ4n) is 4.06. The summed E-state index contributed by atoms with van der Waals surface area (Å²) in [5, 5.41) is 3.26. The molecule has 2 aliphatic rings. The van der Waals surface area contributed by atoms with Crippen molar-refractivity contribution in [3.8, 4) is 0 Å². The van der Waals surface area contributed by atoms with Gasteiger partial charge in [-0.2, -0.15) is 0 Å². The smallest absolute Gasteiger partial charge is 0.223 e. The van der Waals surface area contributed by atoms with Gasteiger partial charge in [-0.3, -0.25) is 4.79 Å². The number of ether oxygens (including phenoxy) is 1. The van der Waals surface area contributed by atoms with E-state index in [1.165, 1.54) is 11.1 Å². The number of nitrogens with one attached hydrogen (secondary N) is 1. The molecule has 2 aromatic rings. The largest absolute Gasteiger partial charge is 0.381 e. The van der Waals surface area contributed by atoms with E-state index in [0.717, 1.165) is 32.5 Å². The molecule has 3 nitrogen and oxygen atoms in total. The molecular formula is C22H25NO2. The molecule has 1 aliphatic carbocycles. The summed E-state index contributed by atoms with van der Waals surface area (Å²) in [4.78, 5) is 12.7. The van der Waals surface area contributed by atoms with Gasteiger partial charge in [0.15, 0.2) is 0 Å². The molecule has 1 N–H and O–H groups in total. The average Bonchev–Trinajstić information content (AvgIpc) is 3.49. The van der Waals surface area contributed by atoms with E-state index >= 15 is 0 Å². The van der Waals surface area contributed by atoms with Gasteiger partial charge < -0.3 is 10.1 Å². The Morgan fingerprint density at radius 2 is 1.64 bits per heavy atom. The van der Waals surface area contributed by atoms with Crippen LogP contribution in [0.3, 0.4) is 0 Å². The van der Waals surface area contributed by atoms with E-state index in [2.05, 4.69) is 53.8 Å². The highest BCUT2D eigenvalue weighted by atomic mass is 16.5. The lowest BCUT2D eigenvalue weighted by Crippen LogP contribution is -2.45. The van der Waals surface area contributed by atoms with Crippen molar-refractivity contribution in [3.63, 3.8) is 0 Å². The zero-order chi connectivity index (χ0) is 17.1. The zero-order valence-corrected chi connectivity index (χ0v) is 14.5. The van der Waals surface area contributed by atoms with Gasteiger partial charge in [0, 0.05) is 31.1 Å². The first kappa shape index (κ1) is 16.3. The summed E-state index contributed by atoms with van der Waals surface area (Å²) in [6.07, 6.45) is 2.89. The summed E-state index contributed by atoms with van der Waals surface area (Å²) in [6, 6.07) is 21.0. The lowest BCUT2D eigenvalue weighted by Gasteiger charge is -2.38. The third kappa shape index (κ3) is 3.47. The van der Waals surface area contributed by atoms with Crippen LogP contribution in [0.1, 0.15) is 36.3 Å². The predicted octanol–water partition coefficient (Wildman–Crippen LogP) is 3.65. The van der Waals surface area contributed by atoms with Crippen LogP contribution in [0.5, 0.6) is 0 Å². The number of hydrogen-bond acceptors (Lipinski definition) is 2. The number of benzene rings is 2. The van der Waals surface area contributed by atoms with Crippen LogP contribution in [0.2, 0.25) is 0 Å². The fourth-order valence-corrected chi connectivity index (χ4v) is 4.06. The lowest BCUT2D eigenvalue weighted by atomic mass is 9.74. The number of rotatable bonds is 5. The Kier molecular flexibility index (Phi) is 4.58. The Balaban J connectivity index is 1.41. The molecule has 0 unspecified atom stereocenters. The normalized spacial score (nSPS) is 24.5. The molecule has 0 bridgehead atoms. The van der Waals surface area contributed by atoms with E-state index in [1.807, 2.05) is 12.1 Å². The van der Waals surface area contributed by atoms with Crippen LogP contribution < -0.4 is 5.32 Å². The second kappa shape index (κ2) is 7.01. The van der Waals surface area contributed by atoms with Crippen molar-refractivity contribution in [3.05, 3.63) is 71.8 Å². The van der Waals surface area contributed by atoms with Crippen LogP contribution in [0.4, 0.5) is 0 Å². The molecule has 0 spiro atoms. The minimum Gasteiger partial charge on any atom is -0.381 e. The zero-order valence-electron chi connectivity index (χ0n) is 14.5. The Labute approximate surface area is 149 Å². The van der Waals surface area contributed by atoms with Crippen molar-refractivity contribution >= 4 is 5.91 Å². The van der Waals surface area contributed by atoms with Crippen molar-refractivity contribution in [1.82, 2.24) is 5.32 Å². The summed E-state index contributed by atoms with van der Waals surface area (Å²) in [6.45, 7) is 2.24. The van der Waals surface area contributed by atoms with Crippen molar-refractivity contribution in [2.24, 2.45) is 5.92 Å². The molecular weight excluding hydrogens is 310 g/mol. The molecule has 3 heteroatoms. The molecule has 0 aromatic heterocycles. The quantitative estimate of drug-likeness (QED) is 0.906. The van der Waals surface area contributed by atoms with Gasteiger partial charge in [0.2, 0.25) is 5.91 Å². The lowest BCUT2D eigenvalue weighted by molar-refractivity contribution is -0.122. The Bertz CT molecular complexity index is 707. The molecule has 1 heterocycles. The van der Waals surface area contributed by atoms with Crippen LogP contribution in [-0.4, -0.2) is 25.7 Å². The molecule has 0 radical (unpaired) electrons. The first-order chi connectivity index (χ1) is 12.3. The van der Waals surface area contributed by atoms with Crippen molar-refractivity contribution in [2.45, 2.75) is 30.6 Å². The number of carbonyl (C=O) groups excluding carboxylic acids is 1. The first-order valence-electron chi connectivity index (χ1n) is 9.24. The summed E-state index contributed by atoms with van der Waals surface area (Å²) in [7, 11) is 0. The van der Waals surface area contributed by atoms with Crippen LogP contribution in [-0.2, 0) is 14.9 Å². The Hall–Kier alpha value is -2.13. The standard InChI is InChI=1S/C22H25NO2/c24-21(20-15-19(20)17-7-3-1-4-8-17)23-16-22(11-13-25-14-12-22)18-9-5-2-6-10-18/h1-10,19-20H,11-16H2,(H,23,24)/t19-,20+/m1/s1. The monoisotopic (exact) mass is 335 g/mol. The van der Waals surface area contributed by atoms with Gasteiger partial charge in [-0.15, -0.1) is 0 Å². The Morgan fingerprint density at radius 1 is 1.00 bits per heavy atom. The highest BCUT2D eigenvalue weighted by molar-refractivity contribution is 5.83. The van der Waals surface area contributed by atoms with Crippen molar-refractivity contribution in [1.29, 1.82) is 0 Å².